The highest BCUT2D eigenvalue weighted by Crippen LogP contribution is 2.29. The van der Waals surface area contributed by atoms with Crippen LogP contribution in [0.4, 0.5) is 5.69 Å². The number of nitrogens with zero attached hydrogens (tertiary/aromatic N) is 2. The lowest BCUT2D eigenvalue weighted by atomic mass is 10.1. The molecule has 0 heterocycles. The fourth-order valence-corrected chi connectivity index (χ4v) is 4.32. The quantitative estimate of drug-likeness (QED) is 0.610. The maximum atomic E-state index is 4.39. The van der Waals surface area contributed by atoms with Crippen molar-refractivity contribution in [3.63, 3.8) is 0 Å². The first-order valence-electron chi connectivity index (χ1n) is 8.89. The van der Waals surface area contributed by atoms with Crippen LogP contribution in [-0.4, -0.2) is 44.1 Å². The molecule has 0 radical (unpaired) electrons. The zero-order valence-corrected chi connectivity index (χ0v) is 16.5. The molecule has 1 saturated carbocycles. The molecule has 0 aliphatic heterocycles. The number of hydrogen-bond donors (Lipinski definition) is 2. The van der Waals surface area contributed by atoms with Crippen molar-refractivity contribution in [2.24, 2.45) is 4.99 Å². The fourth-order valence-electron chi connectivity index (χ4n) is 3.18. The van der Waals surface area contributed by atoms with Gasteiger partial charge in [-0.15, -0.1) is 0 Å². The van der Waals surface area contributed by atoms with Crippen molar-refractivity contribution >= 4 is 23.4 Å². The van der Waals surface area contributed by atoms with Crippen LogP contribution in [0.3, 0.4) is 0 Å². The minimum Gasteiger partial charge on any atom is -0.378 e. The lowest BCUT2D eigenvalue weighted by Gasteiger charge is -2.19. The van der Waals surface area contributed by atoms with E-state index in [2.05, 4.69) is 78.4 Å². The number of benzene rings is 1. The summed E-state index contributed by atoms with van der Waals surface area (Å²) >= 11 is 2.09. The van der Waals surface area contributed by atoms with Gasteiger partial charge in [-0.05, 0) is 55.2 Å². The molecule has 1 aliphatic carbocycles. The first kappa shape index (κ1) is 19.0. The smallest absolute Gasteiger partial charge is 0.191 e. The standard InChI is InChI=1S/C19H32N4S/c1-6-24-18-10-8-16(12-18)22-19(20-3)21-13-15-7-9-17(23(4)5)11-14(15)2/h7,9,11,16,18H,6,8,10,12-13H2,1-5H3,(H2,20,21,22). The molecule has 1 aromatic rings. The number of hydrogen-bond acceptors (Lipinski definition) is 3. The second-order valence-electron chi connectivity index (χ2n) is 6.66. The Bertz CT molecular complexity index is 556. The second-order valence-corrected chi connectivity index (χ2v) is 8.24. The molecule has 2 N–H and O–H groups in total. The van der Waals surface area contributed by atoms with Crippen molar-refractivity contribution < 1.29 is 0 Å². The van der Waals surface area contributed by atoms with E-state index in [1.54, 1.807) is 0 Å². The molecule has 24 heavy (non-hydrogen) atoms. The molecule has 0 saturated heterocycles. The molecule has 0 aromatic heterocycles. The molecular formula is C19H32N4S. The largest absolute Gasteiger partial charge is 0.378 e. The van der Waals surface area contributed by atoms with E-state index in [0.717, 1.165) is 17.8 Å². The van der Waals surface area contributed by atoms with Gasteiger partial charge in [-0.2, -0.15) is 11.8 Å². The van der Waals surface area contributed by atoms with Crippen molar-refractivity contribution in [3.05, 3.63) is 29.3 Å². The van der Waals surface area contributed by atoms with Gasteiger partial charge in [-0.1, -0.05) is 13.0 Å². The first-order chi connectivity index (χ1) is 11.5. The normalized spacial score (nSPS) is 21.0. The van der Waals surface area contributed by atoms with Crippen molar-refractivity contribution in [2.75, 3.05) is 31.8 Å². The number of thioether (sulfide) groups is 1. The molecule has 0 spiro atoms. The van der Waals surface area contributed by atoms with Gasteiger partial charge in [0.1, 0.15) is 0 Å². The summed E-state index contributed by atoms with van der Waals surface area (Å²) in [6, 6.07) is 7.16. The number of aliphatic imine (C=N–C) groups is 1. The maximum Gasteiger partial charge on any atom is 0.191 e. The molecule has 2 atom stereocenters. The Morgan fingerprint density at radius 2 is 2.12 bits per heavy atom. The maximum absolute atomic E-state index is 4.39. The van der Waals surface area contributed by atoms with E-state index in [4.69, 9.17) is 0 Å². The van der Waals surface area contributed by atoms with Crippen molar-refractivity contribution in [1.82, 2.24) is 10.6 Å². The summed E-state index contributed by atoms with van der Waals surface area (Å²) in [5, 5.41) is 7.87. The van der Waals surface area contributed by atoms with E-state index < -0.39 is 0 Å². The van der Waals surface area contributed by atoms with Gasteiger partial charge in [0.05, 0.1) is 0 Å². The number of guanidine groups is 1. The van der Waals surface area contributed by atoms with Gasteiger partial charge < -0.3 is 15.5 Å². The molecule has 0 amide bonds. The Labute approximate surface area is 151 Å². The van der Waals surface area contributed by atoms with Gasteiger partial charge in [0.15, 0.2) is 5.96 Å². The van der Waals surface area contributed by atoms with Gasteiger partial charge in [0.2, 0.25) is 0 Å². The SMILES string of the molecule is CCSC1CCC(NC(=NC)NCc2ccc(N(C)C)cc2C)C1. The molecular weight excluding hydrogens is 316 g/mol. The monoisotopic (exact) mass is 348 g/mol. The van der Waals surface area contributed by atoms with Gasteiger partial charge in [0.25, 0.3) is 0 Å². The van der Waals surface area contributed by atoms with Gasteiger partial charge in [-0.25, -0.2) is 0 Å². The third-order valence-electron chi connectivity index (χ3n) is 4.64. The van der Waals surface area contributed by atoms with Crippen LogP contribution >= 0.6 is 11.8 Å². The van der Waals surface area contributed by atoms with E-state index in [0.29, 0.717) is 6.04 Å². The number of anilines is 1. The van der Waals surface area contributed by atoms with E-state index in [-0.39, 0.29) is 0 Å². The average molecular weight is 349 g/mol. The lowest BCUT2D eigenvalue weighted by Crippen LogP contribution is -2.42. The van der Waals surface area contributed by atoms with Crippen LogP contribution < -0.4 is 15.5 Å². The lowest BCUT2D eigenvalue weighted by molar-refractivity contribution is 0.614. The first-order valence-corrected chi connectivity index (χ1v) is 9.94. The Morgan fingerprint density at radius 3 is 2.75 bits per heavy atom. The highest BCUT2D eigenvalue weighted by molar-refractivity contribution is 7.99. The summed E-state index contributed by atoms with van der Waals surface area (Å²) < 4.78 is 0. The van der Waals surface area contributed by atoms with Crippen LogP contribution in [0.1, 0.15) is 37.3 Å². The van der Waals surface area contributed by atoms with Crippen LogP contribution in [0.2, 0.25) is 0 Å². The Kier molecular flexibility index (Phi) is 7.28. The highest BCUT2D eigenvalue weighted by Gasteiger charge is 2.25. The highest BCUT2D eigenvalue weighted by atomic mass is 32.2. The van der Waals surface area contributed by atoms with Crippen LogP contribution in [0.15, 0.2) is 23.2 Å². The summed E-state index contributed by atoms with van der Waals surface area (Å²) in [5.74, 6) is 2.13. The third-order valence-corrected chi connectivity index (χ3v) is 5.87. The fraction of sp³-hybridized carbons (Fsp3) is 0.632. The number of nitrogens with one attached hydrogen (secondary N) is 2. The van der Waals surface area contributed by atoms with Gasteiger partial charge >= 0.3 is 0 Å². The minimum absolute atomic E-state index is 0.553. The third kappa shape index (κ3) is 5.33. The summed E-state index contributed by atoms with van der Waals surface area (Å²) in [6.45, 7) is 5.22. The summed E-state index contributed by atoms with van der Waals surface area (Å²) in [4.78, 5) is 6.53. The molecule has 2 rings (SSSR count). The zero-order valence-electron chi connectivity index (χ0n) is 15.7. The molecule has 4 nitrogen and oxygen atoms in total. The predicted octanol–water partition coefficient (Wildman–Crippen LogP) is 3.40. The van der Waals surface area contributed by atoms with Crippen molar-refractivity contribution in [2.45, 2.75) is 50.9 Å². The van der Waals surface area contributed by atoms with Crippen LogP contribution in [0.25, 0.3) is 0 Å². The molecule has 134 valence electrons. The summed E-state index contributed by atoms with van der Waals surface area (Å²) in [7, 11) is 6.00. The topological polar surface area (TPSA) is 39.7 Å². The Morgan fingerprint density at radius 1 is 1.33 bits per heavy atom. The summed E-state index contributed by atoms with van der Waals surface area (Å²) in [5.41, 5.74) is 3.86. The number of rotatable bonds is 6. The molecule has 1 fully saturated rings. The van der Waals surface area contributed by atoms with E-state index >= 15 is 0 Å². The van der Waals surface area contributed by atoms with Gasteiger partial charge in [-0.3, -0.25) is 4.99 Å². The van der Waals surface area contributed by atoms with Crippen molar-refractivity contribution in [1.29, 1.82) is 0 Å². The summed E-state index contributed by atoms with van der Waals surface area (Å²) in [6.07, 6.45) is 3.81. The molecule has 5 heteroatoms. The zero-order chi connectivity index (χ0) is 17.5. The van der Waals surface area contributed by atoms with Gasteiger partial charge in [0, 0.05) is 44.7 Å². The average Bonchev–Trinajstić information content (AvgIpc) is 2.99. The van der Waals surface area contributed by atoms with Crippen LogP contribution in [0.5, 0.6) is 0 Å². The second kappa shape index (κ2) is 9.21. The molecule has 0 bridgehead atoms. The molecule has 2 unspecified atom stereocenters. The molecule has 1 aromatic carbocycles. The van der Waals surface area contributed by atoms with Crippen LogP contribution in [0, 0.1) is 6.92 Å². The van der Waals surface area contributed by atoms with E-state index in [1.807, 2.05) is 7.05 Å². The van der Waals surface area contributed by atoms with E-state index in [9.17, 15) is 0 Å². The Balaban J connectivity index is 1.86. The Hall–Kier alpha value is -1.36. The molecule has 1 aliphatic rings. The van der Waals surface area contributed by atoms with Crippen molar-refractivity contribution in [3.8, 4) is 0 Å². The number of aryl methyl sites for hydroxylation is 1. The van der Waals surface area contributed by atoms with E-state index in [1.165, 1.54) is 41.8 Å². The minimum atomic E-state index is 0.553. The predicted molar refractivity (Wildman–Crippen MR) is 108 cm³/mol. The van der Waals surface area contributed by atoms with Crippen LogP contribution in [-0.2, 0) is 6.54 Å².